The number of carbonyl (C=O) groups is 4. The Kier molecular flexibility index (Phi) is 63.0. The van der Waals surface area contributed by atoms with Crippen LogP contribution in [0.15, 0.2) is 0 Å². The van der Waals surface area contributed by atoms with Gasteiger partial charge in [0.1, 0.15) is 19.3 Å². The number of phosphoric acid groups is 2. The topological polar surface area (TPSA) is 237 Å². The van der Waals surface area contributed by atoms with Crippen LogP contribution < -0.4 is 0 Å². The van der Waals surface area contributed by atoms with Gasteiger partial charge < -0.3 is 33.8 Å². The molecular weight excluding hydrogens is 1190 g/mol. The standard InChI is InChI=1S/C71H138O17P2/c1-6-10-13-16-19-22-24-31-35-40-45-50-55-69(74)82-61-67(88-71(76)57-52-47-42-37-33-29-27-26-28-30-34-38-43-48-53-64(5)9-4)63-86-90(79,80)84-59-65(72)58-83-89(77,78)85-62-66(60-81-68(73)54-49-44-39-21-18-15-12-8-3)87-70(75)56-51-46-41-36-32-25-23-20-17-14-11-7-2/h64-67,72H,6-63H2,1-5H3,(H,77,78)(H,79,80)/t64?,65-,66+,67+/m0/s1. The highest BCUT2D eigenvalue weighted by molar-refractivity contribution is 7.47. The summed E-state index contributed by atoms with van der Waals surface area (Å²) in [5.41, 5.74) is 0. The molecule has 19 heteroatoms. The molecule has 534 valence electrons. The quantitative estimate of drug-likeness (QED) is 0.0222. The highest BCUT2D eigenvalue weighted by atomic mass is 31.2. The molecule has 0 aromatic heterocycles. The number of ether oxygens (including phenoxy) is 4. The summed E-state index contributed by atoms with van der Waals surface area (Å²) in [6.45, 7) is 7.28. The lowest BCUT2D eigenvalue weighted by Gasteiger charge is -2.21. The van der Waals surface area contributed by atoms with Gasteiger partial charge in [-0.2, -0.15) is 0 Å². The van der Waals surface area contributed by atoms with Crippen LogP contribution in [-0.4, -0.2) is 96.7 Å². The molecule has 0 aliphatic heterocycles. The van der Waals surface area contributed by atoms with Crippen molar-refractivity contribution in [3.63, 3.8) is 0 Å². The number of phosphoric ester groups is 2. The first kappa shape index (κ1) is 88.1. The number of aliphatic hydroxyl groups excluding tert-OH is 1. The van der Waals surface area contributed by atoms with Crippen LogP contribution in [0.5, 0.6) is 0 Å². The number of hydrogen-bond acceptors (Lipinski definition) is 15. The lowest BCUT2D eigenvalue weighted by Crippen LogP contribution is -2.30. The van der Waals surface area contributed by atoms with Crippen LogP contribution in [0.2, 0.25) is 0 Å². The zero-order valence-corrected chi connectivity index (χ0v) is 60.1. The molecule has 0 heterocycles. The summed E-state index contributed by atoms with van der Waals surface area (Å²) in [5, 5.41) is 10.6. The van der Waals surface area contributed by atoms with Gasteiger partial charge in [0.15, 0.2) is 12.2 Å². The smallest absolute Gasteiger partial charge is 0.462 e. The summed E-state index contributed by atoms with van der Waals surface area (Å²) < 4.78 is 68.3. The summed E-state index contributed by atoms with van der Waals surface area (Å²) in [5.74, 6) is -1.28. The second kappa shape index (κ2) is 64.4. The summed E-state index contributed by atoms with van der Waals surface area (Å²) in [6, 6.07) is 0. The average Bonchev–Trinajstić information content (AvgIpc) is 3.57. The number of hydrogen-bond donors (Lipinski definition) is 3. The Morgan fingerprint density at radius 2 is 0.533 bits per heavy atom. The molecule has 17 nitrogen and oxygen atoms in total. The molecule has 0 saturated heterocycles. The Morgan fingerprint density at radius 1 is 0.311 bits per heavy atom. The van der Waals surface area contributed by atoms with Gasteiger partial charge in [0.05, 0.1) is 26.4 Å². The van der Waals surface area contributed by atoms with Gasteiger partial charge in [-0.3, -0.25) is 37.3 Å². The third-order valence-corrected chi connectivity index (χ3v) is 18.8. The first-order valence-corrected chi connectivity index (χ1v) is 40.2. The van der Waals surface area contributed by atoms with E-state index in [9.17, 15) is 43.2 Å². The van der Waals surface area contributed by atoms with Crippen molar-refractivity contribution < 1.29 is 80.2 Å². The van der Waals surface area contributed by atoms with Crippen LogP contribution in [0.3, 0.4) is 0 Å². The molecule has 3 N–H and O–H groups in total. The lowest BCUT2D eigenvalue weighted by molar-refractivity contribution is -0.161. The number of aliphatic hydroxyl groups is 1. The fraction of sp³-hybridized carbons (Fsp3) is 0.944. The molecule has 0 aliphatic carbocycles. The molecule has 0 fully saturated rings. The highest BCUT2D eigenvalue weighted by Crippen LogP contribution is 2.45. The normalized spacial score (nSPS) is 14.4. The Morgan fingerprint density at radius 3 is 0.789 bits per heavy atom. The maximum absolute atomic E-state index is 13.0. The first-order chi connectivity index (χ1) is 43.6. The second-order valence-corrected chi connectivity index (χ2v) is 28.8. The van der Waals surface area contributed by atoms with Crippen LogP contribution in [-0.2, 0) is 65.4 Å². The predicted octanol–water partition coefficient (Wildman–Crippen LogP) is 20.5. The van der Waals surface area contributed by atoms with Crippen LogP contribution >= 0.6 is 15.6 Å². The van der Waals surface area contributed by atoms with Crippen molar-refractivity contribution in [3.05, 3.63) is 0 Å². The van der Waals surface area contributed by atoms with Crippen molar-refractivity contribution >= 4 is 39.5 Å². The Balaban J connectivity index is 5.20. The number of esters is 4. The van der Waals surface area contributed by atoms with E-state index < -0.39 is 97.5 Å². The Labute approximate surface area is 549 Å². The molecular formula is C71H138O17P2. The molecule has 6 atom stereocenters. The van der Waals surface area contributed by atoms with Crippen LogP contribution in [0, 0.1) is 5.92 Å². The molecule has 90 heavy (non-hydrogen) atoms. The molecule has 3 unspecified atom stereocenters. The minimum Gasteiger partial charge on any atom is -0.462 e. The fourth-order valence-corrected chi connectivity index (χ4v) is 12.4. The largest absolute Gasteiger partial charge is 0.472 e. The van der Waals surface area contributed by atoms with Crippen LogP contribution in [0.4, 0.5) is 0 Å². The van der Waals surface area contributed by atoms with E-state index in [1.54, 1.807) is 0 Å². The van der Waals surface area contributed by atoms with Gasteiger partial charge in [0, 0.05) is 25.7 Å². The van der Waals surface area contributed by atoms with Crippen molar-refractivity contribution in [3.8, 4) is 0 Å². The maximum Gasteiger partial charge on any atom is 0.472 e. The second-order valence-electron chi connectivity index (χ2n) is 25.9. The molecule has 0 aromatic rings. The third kappa shape index (κ3) is 63.5. The Bertz CT molecular complexity index is 1740. The van der Waals surface area contributed by atoms with Gasteiger partial charge in [-0.25, -0.2) is 9.13 Å². The van der Waals surface area contributed by atoms with E-state index in [2.05, 4.69) is 34.6 Å². The number of carbonyl (C=O) groups excluding carboxylic acids is 4. The zero-order valence-electron chi connectivity index (χ0n) is 58.3. The highest BCUT2D eigenvalue weighted by Gasteiger charge is 2.30. The van der Waals surface area contributed by atoms with Crippen molar-refractivity contribution in [2.75, 3.05) is 39.6 Å². The van der Waals surface area contributed by atoms with Gasteiger partial charge in [-0.1, -0.05) is 317 Å². The van der Waals surface area contributed by atoms with E-state index in [0.717, 1.165) is 102 Å². The lowest BCUT2D eigenvalue weighted by atomic mass is 9.99. The number of rotatable bonds is 71. The van der Waals surface area contributed by atoms with Crippen molar-refractivity contribution in [2.45, 2.75) is 387 Å². The van der Waals surface area contributed by atoms with Crippen LogP contribution in [0.1, 0.15) is 369 Å². The van der Waals surface area contributed by atoms with Gasteiger partial charge in [-0.15, -0.1) is 0 Å². The van der Waals surface area contributed by atoms with E-state index in [-0.39, 0.29) is 25.7 Å². The minimum atomic E-state index is -4.95. The maximum atomic E-state index is 13.0. The van der Waals surface area contributed by atoms with Crippen molar-refractivity contribution in [1.82, 2.24) is 0 Å². The van der Waals surface area contributed by atoms with E-state index in [4.69, 9.17) is 37.0 Å². The molecule has 0 rings (SSSR count). The Hall–Kier alpha value is -1.94. The minimum absolute atomic E-state index is 0.107. The zero-order chi connectivity index (χ0) is 66.3. The van der Waals surface area contributed by atoms with E-state index >= 15 is 0 Å². The fourth-order valence-electron chi connectivity index (χ4n) is 10.8. The van der Waals surface area contributed by atoms with Gasteiger partial charge in [0.25, 0.3) is 0 Å². The summed E-state index contributed by atoms with van der Waals surface area (Å²) >= 11 is 0. The SMILES string of the molecule is CCCCCCCCCCCCCCC(=O)OC[C@H](COP(=O)(O)OC[C@@H](O)COP(=O)(O)OC[C@@H](COC(=O)CCCCCCCCCC)OC(=O)CCCCCCCCCCCCCC)OC(=O)CCCCCCCCCCCCCCCCC(C)CC. The average molecular weight is 1330 g/mol. The van der Waals surface area contributed by atoms with Crippen molar-refractivity contribution in [1.29, 1.82) is 0 Å². The molecule has 0 radical (unpaired) electrons. The molecule has 0 aromatic carbocycles. The molecule has 0 saturated carbocycles. The predicted molar refractivity (Wildman–Crippen MR) is 363 cm³/mol. The molecule has 0 spiro atoms. The van der Waals surface area contributed by atoms with Crippen LogP contribution in [0.25, 0.3) is 0 Å². The van der Waals surface area contributed by atoms with Crippen molar-refractivity contribution in [2.24, 2.45) is 5.92 Å². The molecule has 0 aliphatic rings. The summed E-state index contributed by atoms with van der Waals surface area (Å²) in [7, 11) is -9.90. The monoisotopic (exact) mass is 1320 g/mol. The van der Waals surface area contributed by atoms with Gasteiger partial charge in [-0.05, 0) is 31.6 Å². The van der Waals surface area contributed by atoms with Gasteiger partial charge >= 0.3 is 39.5 Å². The first-order valence-electron chi connectivity index (χ1n) is 37.2. The number of unbranched alkanes of at least 4 members (excludes halogenated alkanes) is 42. The van der Waals surface area contributed by atoms with E-state index in [1.165, 1.54) is 186 Å². The molecule has 0 amide bonds. The molecule has 0 bridgehead atoms. The van der Waals surface area contributed by atoms with E-state index in [0.29, 0.717) is 25.7 Å². The van der Waals surface area contributed by atoms with E-state index in [1.807, 2.05) is 0 Å². The van der Waals surface area contributed by atoms with Gasteiger partial charge in [0.2, 0.25) is 0 Å². The third-order valence-electron chi connectivity index (χ3n) is 16.9. The summed E-state index contributed by atoms with van der Waals surface area (Å²) in [6.07, 6.45) is 51.2. The summed E-state index contributed by atoms with van der Waals surface area (Å²) in [4.78, 5) is 72.5.